The molecule has 7 aromatic carbocycles. The van der Waals surface area contributed by atoms with Crippen LogP contribution in [0.25, 0.3) is 92.0 Å². The van der Waals surface area contributed by atoms with Crippen molar-refractivity contribution in [2.75, 3.05) is 0 Å². The minimum atomic E-state index is 0.669. The summed E-state index contributed by atoms with van der Waals surface area (Å²) < 4.78 is 4.90. The van der Waals surface area contributed by atoms with Crippen LogP contribution in [0.2, 0.25) is 0 Å². The van der Waals surface area contributed by atoms with E-state index in [1.54, 1.807) is 0 Å². The van der Waals surface area contributed by atoms with Crippen LogP contribution >= 0.6 is 11.3 Å². The summed E-state index contributed by atoms with van der Waals surface area (Å²) in [6.45, 7) is 4.25. The molecule has 0 aliphatic heterocycles. The van der Waals surface area contributed by atoms with Gasteiger partial charge in [0.05, 0.1) is 22.2 Å². The fraction of sp³-hybridized carbons (Fsp3) is 0.0667. The van der Waals surface area contributed by atoms with Gasteiger partial charge in [0.25, 0.3) is 0 Å². The van der Waals surface area contributed by atoms with Crippen LogP contribution in [0.5, 0.6) is 0 Å². The number of hydrogen-bond donors (Lipinski definition) is 0. The molecule has 0 spiro atoms. The van der Waals surface area contributed by atoms with E-state index >= 15 is 0 Å². The third-order valence-electron chi connectivity index (χ3n) is 9.18. The molecule has 0 aliphatic rings. The smallest absolute Gasteiger partial charge is 0.235 e. The number of nitrogens with zero attached hydrogens (tertiary/aromatic N) is 3. The largest absolute Gasteiger partial charge is 0.277 e. The Bertz CT molecular complexity index is 2830. The fourth-order valence-electron chi connectivity index (χ4n) is 7.07. The first-order chi connectivity index (χ1) is 24.2. The molecule has 0 saturated heterocycles. The van der Waals surface area contributed by atoms with E-state index in [1.165, 1.54) is 53.7 Å². The van der Waals surface area contributed by atoms with Crippen molar-refractivity contribution >= 4 is 75.0 Å². The van der Waals surface area contributed by atoms with Crippen molar-refractivity contribution in [3.8, 4) is 28.3 Å². The van der Waals surface area contributed by atoms with Gasteiger partial charge in [-0.2, -0.15) is 0 Å². The van der Waals surface area contributed by atoms with Crippen molar-refractivity contribution in [1.82, 2.24) is 14.5 Å². The Kier molecular flexibility index (Phi) is 7.18. The molecule has 0 unspecified atom stereocenters. The van der Waals surface area contributed by atoms with Crippen LogP contribution in [-0.4, -0.2) is 14.5 Å². The van der Waals surface area contributed by atoms with Gasteiger partial charge in [0.2, 0.25) is 5.95 Å². The molecule has 3 heterocycles. The summed E-state index contributed by atoms with van der Waals surface area (Å²) in [5.74, 6) is 0.669. The zero-order chi connectivity index (χ0) is 32.9. The van der Waals surface area contributed by atoms with E-state index in [0.717, 1.165) is 38.8 Å². The number of fused-ring (bicyclic) bond motifs is 8. The Morgan fingerprint density at radius 2 is 1.18 bits per heavy atom. The second-order valence-corrected chi connectivity index (χ2v) is 13.6. The minimum absolute atomic E-state index is 0.669. The van der Waals surface area contributed by atoms with Crippen LogP contribution in [0.1, 0.15) is 20.3 Å². The summed E-state index contributed by atoms with van der Waals surface area (Å²) in [6.07, 6.45) is 1.25. The van der Waals surface area contributed by atoms with Crippen LogP contribution in [-0.2, 0) is 0 Å². The lowest BCUT2D eigenvalue weighted by atomic mass is 9.99. The molecule has 10 aromatic rings. The Labute approximate surface area is 288 Å². The van der Waals surface area contributed by atoms with Crippen molar-refractivity contribution in [3.05, 3.63) is 152 Å². The molecule has 0 radical (unpaired) electrons. The first kappa shape index (κ1) is 29.3. The van der Waals surface area contributed by atoms with Crippen molar-refractivity contribution in [2.24, 2.45) is 0 Å². The summed E-state index contributed by atoms with van der Waals surface area (Å²) in [5.41, 5.74) is 7.47. The molecule has 4 heteroatoms. The average molecular weight is 648 g/mol. The monoisotopic (exact) mass is 647 g/mol. The number of rotatable bonds is 3. The number of thiophene rings is 1. The number of para-hydroxylation sites is 2. The Morgan fingerprint density at radius 3 is 2.02 bits per heavy atom. The quantitative estimate of drug-likeness (QED) is 0.191. The van der Waals surface area contributed by atoms with Crippen LogP contribution in [0.3, 0.4) is 0 Å². The highest BCUT2D eigenvalue weighted by atomic mass is 32.1. The number of aromatic nitrogens is 3. The normalized spacial score (nSPS) is 11.6. The van der Waals surface area contributed by atoms with Gasteiger partial charge in [0, 0.05) is 47.5 Å². The zero-order valence-electron chi connectivity index (χ0n) is 27.4. The van der Waals surface area contributed by atoms with E-state index in [-0.39, 0.29) is 0 Å². The molecule has 0 atom stereocenters. The highest BCUT2D eigenvalue weighted by molar-refractivity contribution is 7.25. The summed E-state index contributed by atoms with van der Waals surface area (Å²) in [4.78, 5) is 10.6. The lowest BCUT2D eigenvalue weighted by Crippen LogP contribution is -2.04. The van der Waals surface area contributed by atoms with E-state index in [4.69, 9.17) is 9.97 Å². The van der Waals surface area contributed by atoms with Gasteiger partial charge in [-0.25, -0.2) is 9.97 Å². The molecule has 0 fully saturated rings. The molecule has 3 nitrogen and oxygen atoms in total. The van der Waals surface area contributed by atoms with Crippen LogP contribution in [0.15, 0.2) is 152 Å². The van der Waals surface area contributed by atoms with Crippen molar-refractivity contribution in [2.45, 2.75) is 20.3 Å². The second-order valence-electron chi connectivity index (χ2n) is 12.5. The lowest BCUT2D eigenvalue weighted by Gasteiger charge is -2.14. The first-order valence-corrected chi connectivity index (χ1v) is 17.7. The summed E-state index contributed by atoms with van der Waals surface area (Å²) in [7, 11) is 0. The van der Waals surface area contributed by atoms with Gasteiger partial charge >= 0.3 is 0 Å². The molecular formula is C45H33N3S. The third kappa shape index (κ3) is 4.87. The zero-order valence-corrected chi connectivity index (χ0v) is 28.2. The van der Waals surface area contributed by atoms with Gasteiger partial charge in [0.15, 0.2) is 0 Å². The molecule has 234 valence electrons. The van der Waals surface area contributed by atoms with Crippen molar-refractivity contribution in [3.63, 3.8) is 0 Å². The van der Waals surface area contributed by atoms with Crippen molar-refractivity contribution < 1.29 is 0 Å². The maximum atomic E-state index is 5.36. The number of hydrogen-bond acceptors (Lipinski definition) is 3. The predicted octanol–water partition coefficient (Wildman–Crippen LogP) is 13.0. The second kappa shape index (κ2) is 12.0. The molecule has 0 N–H and O–H groups in total. The lowest BCUT2D eigenvalue weighted by molar-refractivity contribution is 1.01. The predicted molar refractivity (Wildman–Crippen MR) is 211 cm³/mol. The van der Waals surface area contributed by atoms with Gasteiger partial charge in [-0.1, -0.05) is 136 Å². The molecule has 0 saturated carbocycles. The standard InChI is InChI=1S/C42H25N3S.C3H8/c1-2-11-26(12-3-1)40-33-16-6-8-19-36(33)43-42(44-40)45-37-25-28-14-5-4-13-27(28)23-34(37)32-18-10-17-30(41(32)45)29-21-22-39-35(24-29)31-15-7-9-20-38(31)46-39;1-3-2/h1-25H;3H2,1-2H3. The van der Waals surface area contributed by atoms with Crippen LogP contribution in [0, 0.1) is 0 Å². The summed E-state index contributed by atoms with van der Waals surface area (Å²) in [5, 5.41) is 8.41. The van der Waals surface area contributed by atoms with E-state index in [1.807, 2.05) is 17.4 Å². The van der Waals surface area contributed by atoms with E-state index in [0.29, 0.717) is 5.95 Å². The van der Waals surface area contributed by atoms with Gasteiger partial charge in [-0.15, -0.1) is 11.3 Å². The Hall–Kier alpha value is -5.84. The molecule has 0 amide bonds. The van der Waals surface area contributed by atoms with Gasteiger partial charge in [-0.05, 0) is 52.7 Å². The third-order valence-corrected chi connectivity index (χ3v) is 10.3. The van der Waals surface area contributed by atoms with Crippen LogP contribution in [0.4, 0.5) is 0 Å². The van der Waals surface area contributed by atoms with Crippen LogP contribution < -0.4 is 0 Å². The fourth-order valence-corrected chi connectivity index (χ4v) is 8.15. The molecule has 3 aromatic heterocycles. The Morgan fingerprint density at radius 1 is 0.510 bits per heavy atom. The highest BCUT2D eigenvalue weighted by Crippen LogP contribution is 2.42. The van der Waals surface area contributed by atoms with Gasteiger partial charge in [-0.3, -0.25) is 4.57 Å². The molecule has 0 bridgehead atoms. The summed E-state index contributed by atoms with van der Waals surface area (Å²) in [6, 6.07) is 54.2. The minimum Gasteiger partial charge on any atom is -0.277 e. The number of benzene rings is 7. The van der Waals surface area contributed by atoms with E-state index in [9.17, 15) is 0 Å². The van der Waals surface area contributed by atoms with Crippen molar-refractivity contribution in [1.29, 1.82) is 0 Å². The summed E-state index contributed by atoms with van der Waals surface area (Å²) >= 11 is 1.85. The van der Waals surface area contributed by atoms with E-state index in [2.05, 4.69) is 164 Å². The molecule has 10 rings (SSSR count). The van der Waals surface area contributed by atoms with Gasteiger partial charge < -0.3 is 0 Å². The topological polar surface area (TPSA) is 30.7 Å². The highest BCUT2D eigenvalue weighted by Gasteiger charge is 2.21. The van der Waals surface area contributed by atoms with E-state index < -0.39 is 0 Å². The maximum Gasteiger partial charge on any atom is 0.235 e. The molecule has 0 aliphatic carbocycles. The Balaban J connectivity index is 0.00000105. The first-order valence-electron chi connectivity index (χ1n) is 16.9. The van der Waals surface area contributed by atoms with Gasteiger partial charge in [0.1, 0.15) is 0 Å². The molecule has 49 heavy (non-hydrogen) atoms. The average Bonchev–Trinajstić information content (AvgIpc) is 3.69. The maximum absolute atomic E-state index is 5.36. The molecular weight excluding hydrogens is 615 g/mol. The SMILES string of the molecule is CCC.c1ccc(-c2nc(-n3c4cc5ccccc5cc4c4cccc(-c5ccc6sc7ccccc7c6c5)c43)nc3ccccc23)cc1.